The van der Waals surface area contributed by atoms with Crippen molar-refractivity contribution < 1.29 is 4.79 Å². The van der Waals surface area contributed by atoms with E-state index in [0.717, 1.165) is 35.9 Å². The number of fused-ring (bicyclic) bond motifs is 1. The molecule has 192 valence electrons. The van der Waals surface area contributed by atoms with Gasteiger partial charge in [0.25, 0.3) is 12.3 Å². The summed E-state index contributed by atoms with van der Waals surface area (Å²) in [6.07, 6.45) is 8.36. The third kappa shape index (κ3) is 5.87. The molecule has 3 aromatic heterocycles. The average Bonchev–Trinajstić information content (AvgIpc) is 3.55. The van der Waals surface area contributed by atoms with Gasteiger partial charge in [-0.15, -0.1) is 11.3 Å². The Hall–Kier alpha value is -4.17. The molecule has 0 fully saturated rings. The van der Waals surface area contributed by atoms with Crippen molar-refractivity contribution in [1.29, 1.82) is 5.26 Å². The maximum absolute atomic E-state index is 13.4. The zero-order valence-electron chi connectivity index (χ0n) is 21.2. The summed E-state index contributed by atoms with van der Waals surface area (Å²) in [5.74, 6) is 2.31. The molecule has 0 bridgehead atoms. The number of benzene rings is 1. The number of rotatable bonds is 9. The summed E-state index contributed by atoms with van der Waals surface area (Å²) in [7, 11) is 1.80. The molecule has 0 saturated carbocycles. The van der Waals surface area contributed by atoms with Crippen molar-refractivity contribution in [2.45, 2.75) is 38.6 Å². The molecule has 38 heavy (non-hydrogen) atoms. The van der Waals surface area contributed by atoms with Crippen molar-refractivity contribution >= 4 is 29.8 Å². The zero-order valence-corrected chi connectivity index (χ0v) is 22.0. The van der Waals surface area contributed by atoms with E-state index in [1.54, 1.807) is 41.7 Å². The normalized spacial score (nSPS) is 12.6. The molecule has 1 aliphatic heterocycles. The number of nitrogens with zero attached hydrogens (tertiary/aromatic N) is 5. The van der Waals surface area contributed by atoms with E-state index in [-0.39, 0.29) is 30.5 Å². The maximum Gasteiger partial charge on any atom is 0.294 e. The molecule has 0 saturated heterocycles. The largest absolute Gasteiger partial charge is 0.365 e. The number of anilines is 1. The maximum atomic E-state index is 13.4. The van der Waals surface area contributed by atoms with Gasteiger partial charge in [0.15, 0.2) is 5.82 Å². The number of aromatic nitrogens is 4. The van der Waals surface area contributed by atoms with Crippen molar-refractivity contribution in [2.75, 3.05) is 11.9 Å². The van der Waals surface area contributed by atoms with Gasteiger partial charge in [0.05, 0.1) is 24.6 Å². The lowest BCUT2D eigenvalue weighted by Gasteiger charge is -2.14. The Morgan fingerprint density at radius 1 is 1.26 bits per heavy atom. The van der Waals surface area contributed by atoms with E-state index in [9.17, 15) is 14.9 Å². The van der Waals surface area contributed by atoms with E-state index in [4.69, 9.17) is 0 Å². The van der Waals surface area contributed by atoms with E-state index in [2.05, 4.69) is 32.8 Å². The topological polar surface area (TPSA) is 118 Å². The molecule has 4 aromatic rings. The fourth-order valence-electron chi connectivity index (χ4n) is 4.69. The second kappa shape index (κ2) is 11.5. The molecule has 0 aliphatic carbocycles. The first-order valence-corrected chi connectivity index (χ1v) is 13.4. The zero-order chi connectivity index (χ0) is 26.5. The molecule has 0 spiro atoms. The van der Waals surface area contributed by atoms with Crippen molar-refractivity contribution in [3.8, 4) is 17.2 Å². The Morgan fingerprint density at radius 3 is 2.87 bits per heavy atom. The Bertz CT molecular complexity index is 1540. The first-order valence-electron chi connectivity index (χ1n) is 12.6. The van der Waals surface area contributed by atoms with Crippen LogP contribution in [0.4, 0.5) is 5.82 Å². The number of amides is 1. The van der Waals surface area contributed by atoms with Gasteiger partial charge in [-0.2, -0.15) is 5.10 Å². The van der Waals surface area contributed by atoms with Crippen molar-refractivity contribution in [3.05, 3.63) is 86.2 Å². The minimum absolute atomic E-state index is 0.0690. The smallest absolute Gasteiger partial charge is 0.294 e. The van der Waals surface area contributed by atoms with Crippen molar-refractivity contribution in [3.63, 3.8) is 0 Å². The fourth-order valence-corrected chi connectivity index (χ4v) is 5.84. The van der Waals surface area contributed by atoms with E-state index < -0.39 is 0 Å². The first kappa shape index (κ1) is 25.5. The summed E-state index contributed by atoms with van der Waals surface area (Å²) in [5, 5.41) is 19.5. The predicted octanol–water partition coefficient (Wildman–Crippen LogP) is 2.87. The van der Waals surface area contributed by atoms with E-state index >= 15 is 0 Å². The summed E-state index contributed by atoms with van der Waals surface area (Å²) in [5.41, 5.74) is 3.25. The van der Waals surface area contributed by atoms with Gasteiger partial charge < -0.3 is 10.6 Å². The third-order valence-electron chi connectivity index (χ3n) is 6.68. The number of carbonyl (C=O) groups is 1. The van der Waals surface area contributed by atoms with Crippen LogP contribution in [0.2, 0.25) is 6.32 Å². The van der Waals surface area contributed by atoms with Gasteiger partial charge in [-0.3, -0.25) is 18.8 Å². The molecular formula is C27H28BN7O2S. The van der Waals surface area contributed by atoms with E-state index in [1.807, 2.05) is 30.3 Å². The van der Waals surface area contributed by atoms with Gasteiger partial charge in [0.2, 0.25) is 5.91 Å². The fraction of sp³-hybridized carbons (Fsp3) is 0.296. The first-order chi connectivity index (χ1) is 18.5. The predicted molar refractivity (Wildman–Crippen MR) is 149 cm³/mol. The van der Waals surface area contributed by atoms with E-state index in [1.165, 1.54) is 15.0 Å². The molecule has 1 aliphatic rings. The van der Waals surface area contributed by atoms with E-state index in [0.29, 0.717) is 24.3 Å². The minimum atomic E-state index is -0.358. The molecule has 2 N–H and O–H groups in total. The number of nitrogens with one attached hydrogen (secondary N) is 2. The minimum Gasteiger partial charge on any atom is -0.365 e. The van der Waals surface area contributed by atoms with Crippen molar-refractivity contribution in [1.82, 2.24) is 24.6 Å². The molecule has 11 heteroatoms. The van der Waals surface area contributed by atoms with Crippen LogP contribution in [0.15, 0.2) is 59.8 Å². The summed E-state index contributed by atoms with van der Waals surface area (Å²) < 4.78 is 3.09. The van der Waals surface area contributed by atoms with Gasteiger partial charge in [0, 0.05) is 41.1 Å². The highest BCUT2D eigenvalue weighted by Gasteiger charge is 2.24. The number of hydrogen-bond donors (Lipinski definition) is 2. The Balaban J connectivity index is 1.30. The molecular weight excluding hydrogens is 497 g/mol. The molecule has 9 nitrogen and oxygen atoms in total. The number of hydrogen-bond acceptors (Lipinski definition) is 7. The highest BCUT2D eigenvalue weighted by molar-refractivity contribution is 7.12. The lowest BCUT2D eigenvalue weighted by atomic mass is 9.43. The second-order valence-electron chi connectivity index (χ2n) is 9.46. The molecule has 0 atom stereocenters. The Labute approximate surface area is 225 Å². The van der Waals surface area contributed by atoms with Gasteiger partial charge >= 0.3 is 0 Å². The molecule has 5 rings (SSSR count). The molecule has 0 unspecified atom stereocenters. The molecule has 1 aromatic carbocycles. The lowest BCUT2D eigenvalue weighted by Crippen LogP contribution is -2.34. The molecule has 0 radical (unpaired) electrons. The highest BCUT2D eigenvalue weighted by atomic mass is 32.1. The van der Waals surface area contributed by atoms with Crippen LogP contribution < -0.4 is 16.2 Å². The van der Waals surface area contributed by atoms with Crippen LogP contribution in [-0.4, -0.2) is 38.5 Å². The highest BCUT2D eigenvalue weighted by Crippen LogP contribution is 2.29. The second-order valence-corrected chi connectivity index (χ2v) is 10.7. The van der Waals surface area contributed by atoms with Crippen LogP contribution in [0.5, 0.6) is 0 Å². The van der Waals surface area contributed by atoms with Gasteiger partial charge in [0.1, 0.15) is 6.54 Å². The van der Waals surface area contributed by atoms with Crippen molar-refractivity contribution in [2.24, 2.45) is 7.05 Å². The summed E-state index contributed by atoms with van der Waals surface area (Å²) in [4.78, 5) is 33.2. The van der Waals surface area contributed by atoms with Crippen LogP contribution in [0.1, 0.15) is 20.9 Å². The third-order valence-corrected chi connectivity index (χ3v) is 7.92. The standard InChI is InChI=1S/C27H28BN7O2S/c1-34-16-21(13-33-34)23-15-32-26(30-10-8-19-5-3-2-4-6-19)27(37)35(23)17-25(36)31-14-22-11-20-12-28(18-29)9-7-24(20)38-22/h2-6,11,13,15-16H,7-10,12,14,17H2,1H3,(H,30,32)(H,31,36). The number of thiophene rings is 1. The van der Waals surface area contributed by atoms with Crippen LogP contribution >= 0.6 is 11.3 Å². The monoisotopic (exact) mass is 525 g/mol. The average molecular weight is 525 g/mol. The summed E-state index contributed by atoms with van der Waals surface area (Å²) >= 11 is 1.69. The number of aryl methyl sites for hydroxylation is 2. The van der Waals surface area contributed by atoms with Gasteiger partial charge in [-0.1, -0.05) is 36.7 Å². The van der Waals surface area contributed by atoms with Gasteiger partial charge in [-0.05, 0) is 36.4 Å². The Kier molecular flexibility index (Phi) is 7.70. The quantitative estimate of drug-likeness (QED) is 0.325. The van der Waals surface area contributed by atoms with Crippen LogP contribution in [-0.2, 0) is 44.1 Å². The van der Waals surface area contributed by atoms with Crippen LogP contribution in [0, 0.1) is 11.2 Å². The lowest BCUT2D eigenvalue weighted by molar-refractivity contribution is -0.121. The van der Waals surface area contributed by atoms with Gasteiger partial charge in [-0.25, -0.2) is 10.2 Å². The summed E-state index contributed by atoms with van der Waals surface area (Å²) in [6, 6.07) is 12.1. The molecule has 1 amide bonds. The number of nitriles is 1. The Morgan fingerprint density at radius 2 is 2.11 bits per heavy atom. The summed E-state index contributed by atoms with van der Waals surface area (Å²) in [6.45, 7) is 0.860. The van der Waals surface area contributed by atoms with Crippen LogP contribution in [0.25, 0.3) is 11.3 Å². The SMILES string of the molecule is Cn1cc(-c2cnc(NCCc3ccccc3)c(=O)n2CC(=O)NCc2cc3c(s2)CCB(C#N)C3)cn1. The molecule has 4 heterocycles. The number of carbonyl (C=O) groups excluding carboxylic acids is 1. The van der Waals surface area contributed by atoms with Crippen LogP contribution in [0.3, 0.4) is 0 Å².